The Hall–Kier alpha value is -0.180. The maximum atomic E-state index is 11.8. The van der Waals surface area contributed by atoms with E-state index in [-0.39, 0.29) is 24.0 Å². The predicted molar refractivity (Wildman–Crippen MR) is 64.9 cm³/mol. The van der Waals surface area contributed by atoms with Crippen molar-refractivity contribution < 1.29 is 21.9 Å². The first-order valence-corrected chi connectivity index (χ1v) is 9.12. The number of aliphatic hydroxyl groups is 1. The van der Waals surface area contributed by atoms with Gasteiger partial charge in [0.1, 0.15) is 9.84 Å². The number of rotatable bonds is 5. The van der Waals surface area contributed by atoms with Gasteiger partial charge in [0.25, 0.3) is 0 Å². The fourth-order valence-electron chi connectivity index (χ4n) is 1.79. The van der Waals surface area contributed by atoms with Crippen LogP contribution in [0.3, 0.4) is 0 Å². The highest BCUT2D eigenvalue weighted by molar-refractivity contribution is 7.93. The van der Waals surface area contributed by atoms with Crippen LogP contribution in [0.5, 0.6) is 0 Å². The van der Waals surface area contributed by atoms with Crippen molar-refractivity contribution in [3.63, 3.8) is 0 Å². The lowest BCUT2D eigenvalue weighted by molar-refractivity contribution is 0.133. The first-order valence-electron chi connectivity index (χ1n) is 5.45. The maximum absolute atomic E-state index is 11.8. The van der Waals surface area contributed by atoms with E-state index in [0.717, 1.165) is 6.26 Å². The molecule has 0 aromatic heterocycles. The second-order valence-corrected chi connectivity index (χ2v) is 8.94. The number of hydrogen-bond acceptors (Lipinski definition) is 5. The van der Waals surface area contributed by atoms with E-state index in [1.807, 2.05) is 0 Å². The summed E-state index contributed by atoms with van der Waals surface area (Å²) in [6.45, 7) is 2.28. The molecule has 1 aliphatic rings. The zero-order chi connectivity index (χ0) is 13.3. The molecule has 2 atom stereocenters. The summed E-state index contributed by atoms with van der Waals surface area (Å²) in [4.78, 5) is 0. The van der Waals surface area contributed by atoms with Crippen LogP contribution >= 0.6 is 0 Å². The van der Waals surface area contributed by atoms with E-state index in [0.29, 0.717) is 13.0 Å². The highest BCUT2D eigenvalue weighted by Gasteiger charge is 2.33. The van der Waals surface area contributed by atoms with Crippen LogP contribution < -0.4 is 0 Å². The van der Waals surface area contributed by atoms with Crippen molar-refractivity contribution in [2.24, 2.45) is 5.92 Å². The molecule has 0 aromatic rings. The predicted octanol–water partition coefficient (Wildman–Crippen LogP) is -0.936. The topological polar surface area (TPSA) is 91.8 Å². The van der Waals surface area contributed by atoms with Gasteiger partial charge in [-0.1, -0.05) is 0 Å². The van der Waals surface area contributed by atoms with Crippen LogP contribution in [0.1, 0.15) is 13.3 Å². The molecule has 1 heterocycles. The third kappa shape index (κ3) is 4.53. The van der Waals surface area contributed by atoms with Gasteiger partial charge >= 0.3 is 0 Å². The third-order valence-corrected chi connectivity index (χ3v) is 6.02. The number of nitrogens with zero attached hydrogens (tertiary/aromatic N) is 1. The molecule has 1 aliphatic heterocycles. The van der Waals surface area contributed by atoms with Crippen LogP contribution in [-0.4, -0.2) is 63.2 Å². The van der Waals surface area contributed by atoms with Gasteiger partial charge in [-0.05, 0) is 19.3 Å². The average molecular weight is 285 g/mol. The number of sulfone groups is 1. The number of sulfonamides is 1. The largest absolute Gasteiger partial charge is 0.393 e. The Kier molecular flexibility index (Phi) is 4.56. The molecule has 1 saturated heterocycles. The molecule has 102 valence electrons. The van der Waals surface area contributed by atoms with Gasteiger partial charge in [0, 0.05) is 19.3 Å². The van der Waals surface area contributed by atoms with Gasteiger partial charge < -0.3 is 5.11 Å². The molecule has 0 aliphatic carbocycles. The quantitative estimate of drug-likeness (QED) is 0.704. The zero-order valence-corrected chi connectivity index (χ0v) is 11.7. The van der Waals surface area contributed by atoms with Crippen molar-refractivity contribution in [3.05, 3.63) is 0 Å². The van der Waals surface area contributed by atoms with Crippen LogP contribution in [0.15, 0.2) is 0 Å². The molecule has 8 heteroatoms. The van der Waals surface area contributed by atoms with Gasteiger partial charge in [0.15, 0.2) is 0 Å². The summed E-state index contributed by atoms with van der Waals surface area (Å²) in [7, 11) is -6.79. The molecule has 0 aromatic carbocycles. The van der Waals surface area contributed by atoms with Crippen LogP contribution in [0.2, 0.25) is 0 Å². The highest BCUT2D eigenvalue weighted by atomic mass is 32.2. The SMILES string of the molecule is CC(O)C1CCN(S(=O)(=O)CCS(C)(=O)=O)C1. The van der Waals surface area contributed by atoms with E-state index in [1.165, 1.54) is 4.31 Å². The smallest absolute Gasteiger partial charge is 0.215 e. The molecule has 17 heavy (non-hydrogen) atoms. The summed E-state index contributed by atoms with van der Waals surface area (Å²) in [5.74, 6) is -0.785. The van der Waals surface area contributed by atoms with Crippen molar-refractivity contribution in [1.82, 2.24) is 4.31 Å². The molecule has 1 rings (SSSR count). The molecule has 6 nitrogen and oxygen atoms in total. The summed E-state index contributed by atoms with van der Waals surface area (Å²) in [6, 6.07) is 0. The summed E-state index contributed by atoms with van der Waals surface area (Å²) < 4.78 is 46.8. The van der Waals surface area contributed by atoms with Crippen LogP contribution in [0.25, 0.3) is 0 Å². The standard InChI is InChI=1S/C9H19NO5S2/c1-8(11)9-3-4-10(7-9)17(14,15)6-5-16(2,12)13/h8-9,11H,3-7H2,1-2H3. The van der Waals surface area contributed by atoms with Crippen LogP contribution in [0.4, 0.5) is 0 Å². The molecular formula is C9H19NO5S2. The Balaban J connectivity index is 2.61. The van der Waals surface area contributed by atoms with E-state index in [4.69, 9.17) is 0 Å². The first kappa shape index (κ1) is 14.9. The normalized spacial score (nSPS) is 25.0. The fraction of sp³-hybridized carbons (Fsp3) is 1.00. The molecule has 1 N–H and O–H groups in total. The molecular weight excluding hydrogens is 266 g/mol. The Morgan fingerprint density at radius 1 is 1.29 bits per heavy atom. The lowest BCUT2D eigenvalue weighted by Crippen LogP contribution is -2.34. The van der Waals surface area contributed by atoms with E-state index in [1.54, 1.807) is 6.92 Å². The van der Waals surface area contributed by atoms with Crippen molar-refractivity contribution in [1.29, 1.82) is 0 Å². The Labute approximate surface area is 103 Å². The average Bonchev–Trinajstić information content (AvgIpc) is 2.63. The summed E-state index contributed by atoms with van der Waals surface area (Å²) >= 11 is 0. The molecule has 0 saturated carbocycles. The second-order valence-electron chi connectivity index (χ2n) is 4.59. The van der Waals surface area contributed by atoms with Gasteiger partial charge in [-0.25, -0.2) is 21.1 Å². The minimum atomic E-state index is -3.52. The molecule has 1 fully saturated rings. The van der Waals surface area contributed by atoms with Gasteiger partial charge in [-0.15, -0.1) is 0 Å². The monoisotopic (exact) mass is 285 g/mol. The van der Waals surface area contributed by atoms with Crippen molar-refractivity contribution in [2.75, 3.05) is 30.9 Å². The van der Waals surface area contributed by atoms with Crippen LogP contribution in [-0.2, 0) is 19.9 Å². The Morgan fingerprint density at radius 3 is 2.29 bits per heavy atom. The highest BCUT2D eigenvalue weighted by Crippen LogP contribution is 2.22. The Bertz CT molecular complexity index is 454. The fourth-order valence-corrected chi connectivity index (χ4v) is 4.90. The van der Waals surface area contributed by atoms with Gasteiger partial charge in [-0.2, -0.15) is 0 Å². The van der Waals surface area contributed by atoms with E-state index in [9.17, 15) is 21.9 Å². The van der Waals surface area contributed by atoms with E-state index in [2.05, 4.69) is 0 Å². The van der Waals surface area contributed by atoms with Crippen molar-refractivity contribution in [2.45, 2.75) is 19.4 Å². The lowest BCUT2D eigenvalue weighted by Gasteiger charge is -2.17. The maximum Gasteiger partial charge on any atom is 0.215 e. The third-order valence-electron chi connectivity index (χ3n) is 2.98. The van der Waals surface area contributed by atoms with Crippen molar-refractivity contribution in [3.8, 4) is 0 Å². The van der Waals surface area contributed by atoms with Crippen molar-refractivity contribution >= 4 is 19.9 Å². The van der Waals surface area contributed by atoms with E-state index >= 15 is 0 Å². The number of aliphatic hydroxyl groups excluding tert-OH is 1. The minimum Gasteiger partial charge on any atom is -0.393 e. The lowest BCUT2D eigenvalue weighted by atomic mass is 10.0. The summed E-state index contributed by atoms with van der Waals surface area (Å²) in [5, 5.41) is 9.38. The first-order chi connectivity index (χ1) is 7.62. The molecule has 0 radical (unpaired) electrons. The zero-order valence-electron chi connectivity index (χ0n) is 10.0. The van der Waals surface area contributed by atoms with Crippen LogP contribution in [0, 0.1) is 5.92 Å². The number of hydrogen-bond donors (Lipinski definition) is 1. The summed E-state index contributed by atoms with van der Waals surface area (Å²) in [5.41, 5.74) is 0. The summed E-state index contributed by atoms with van der Waals surface area (Å²) in [6.07, 6.45) is 1.10. The van der Waals surface area contributed by atoms with Gasteiger partial charge in [-0.3, -0.25) is 0 Å². The second kappa shape index (κ2) is 5.21. The van der Waals surface area contributed by atoms with Gasteiger partial charge in [0.2, 0.25) is 10.0 Å². The molecule has 0 spiro atoms. The molecule has 0 amide bonds. The van der Waals surface area contributed by atoms with E-state index < -0.39 is 26.0 Å². The molecule has 0 bridgehead atoms. The van der Waals surface area contributed by atoms with Gasteiger partial charge in [0.05, 0.1) is 17.6 Å². The minimum absolute atomic E-state index is 0.0528. The Morgan fingerprint density at radius 2 is 1.88 bits per heavy atom. The molecule has 2 unspecified atom stereocenters.